The summed E-state index contributed by atoms with van der Waals surface area (Å²) in [7, 11) is -3.35. The Bertz CT molecular complexity index is 562. The molecule has 120 valence electrons. The maximum atomic E-state index is 13.0. The van der Waals surface area contributed by atoms with Crippen LogP contribution < -0.4 is 5.32 Å². The highest BCUT2D eigenvalue weighted by Crippen LogP contribution is 2.36. The SMILES string of the molecule is CCCNCc1scc(C)c1S(=O)(=O)N(CCC)C1CC1. The molecule has 0 radical (unpaired) electrons. The highest BCUT2D eigenvalue weighted by molar-refractivity contribution is 7.89. The molecule has 21 heavy (non-hydrogen) atoms. The van der Waals surface area contributed by atoms with E-state index in [1.54, 1.807) is 15.6 Å². The fraction of sp³-hybridized carbons (Fsp3) is 0.733. The van der Waals surface area contributed by atoms with Gasteiger partial charge in [0.1, 0.15) is 4.90 Å². The first-order valence-electron chi connectivity index (χ1n) is 7.81. The maximum Gasteiger partial charge on any atom is 0.244 e. The molecule has 0 bridgehead atoms. The zero-order valence-electron chi connectivity index (χ0n) is 13.2. The Morgan fingerprint density at radius 1 is 1.33 bits per heavy atom. The first-order chi connectivity index (χ1) is 10.0. The van der Waals surface area contributed by atoms with E-state index < -0.39 is 10.0 Å². The number of thiophene rings is 1. The molecule has 1 N–H and O–H groups in total. The Hall–Kier alpha value is -0.430. The summed E-state index contributed by atoms with van der Waals surface area (Å²) in [5.74, 6) is 0. The molecule has 1 aromatic heterocycles. The average Bonchev–Trinajstić information content (AvgIpc) is 3.19. The van der Waals surface area contributed by atoms with Crippen molar-refractivity contribution in [2.24, 2.45) is 0 Å². The molecule has 1 saturated carbocycles. The minimum absolute atomic E-state index is 0.228. The molecular formula is C15H26N2O2S2. The summed E-state index contributed by atoms with van der Waals surface area (Å²) >= 11 is 1.55. The van der Waals surface area contributed by atoms with Crippen molar-refractivity contribution in [1.29, 1.82) is 0 Å². The van der Waals surface area contributed by atoms with E-state index in [0.717, 1.165) is 42.7 Å². The van der Waals surface area contributed by atoms with Crippen LogP contribution in [0.15, 0.2) is 10.3 Å². The third kappa shape index (κ3) is 3.86. The minimum Gasteiger partial charge on any atom is -0.312 e. The van der Waals surface area contributed by atoms with Crippen LogP contribution in [0.5, 0.6) is 0 Å². The van der Waals surface area contributed by atoms with Crippen molar-refractivity contribution in [3.8, 4) is 0 Å². The van der Waals surface area contributed by atoms with Gasteiger partial charge in [-0.2, -0.15) is 4.31 Å². The van der Waals surface area contributed by atoms with E-state index in [-0.39, 0.29) is 6.04 Å². The Balaban J connectivity index is 2.27. The summed E-state index contributed by atoms with van der Waals surface area (Å²) in [4.78, 5) is 1.50. The molecule has 1 aliphatic carbocycles. The summed E-state index contributed by atoms with van der Waals surface area (Å²) in [6.07, 6.45) is 3.93. The van der Waals surface area contributed by atoms with Gasteiger partial charge in [0.25, 0.3) is 0 Å². The van der Waals surface area contributed by atoms with Crippen molar-refractivity contribution in [3.05, 3.63) is 15.8 Å². The van der Waals surface area contributed by atoms with E-state index in [0.29, 0.717) is 18.0 Å². The van der Waals surface area contributed by atoms with Crippen molar-refractivity contribution in [1.82, 2.24) is 9.62 Å². The predicted octanol–water partition coefficient (Wildman–Crippen LogP) is 3.12. The number of hydrogen-bond acceptors (Lipinski definition) is 4. The van der Waals surface area contributed by atoms with Gasteiger partial charge in [-0.1, -0.05) is 13.8 Å². The fourth-order valence-electron chi connectivity index (χ4n) is 2.53. The van der Waals surface area contributed by atoms with E-state index in [9.17, 15) is 8.42 Å². The Morgan fingerprint density at radius 2 is 2.05 bits per heavy atom. The maximum absolute atomic E-state index is 13.0. The number of aryl methyl sites for hydroxylation is 1. The molecule has 1 fully saturated rings. The molecule has 4 nitrogen and oxygen atoms in total. The zero-order chi connectivity index (χ0) is 15.5. The molecule has 0 spiro atoms. The molecule has 0 aliphatic heterocycles. The van der Waals surface area contributed by atoms with Crippen molar-refractivity contribution in [2.45, 2.75) is 63.9 Å². The van der Waals surface area contributed by atoms with Crippen LogP contribution in [-0.2, 0) is 16.6 Å². The number of nitrogens with zero attached hydrogens (tertiary/aromatic N) is 1. The lowest BCUT2D eigenvalue weighted by molar-refractivity contribution is 0.402. The Morgan fingerprint density at radius 3 is 2.62 bits per heavy atom. The molecular weight excluding hydrogens is 304 g/mol. The van der Waals surface area contributed by atoms with E-state index >= 15 is 0 Å². The summed E-state index contributed by atoms with van der Waals surface area (Å²) in [6, 6.07) is 0.228. The van der Waals surface area contributed by atoms with E-state index in [1.807, 2.05) is 19.2 Å². The van der Waals surface area contributed by atoms with Gasteiger partial charge in [-0.25, -0.2) is 8.42 Å². The molecule has 0 aromatic carbocycles. The molecule has 0 unspecified atom stereocenters. The molecule has 1 aromatic rings. The van der Waals surface area contributed by atoms with Crippen LogP contribution in [0.4, 0.5) is 0 Å². The standard InChI is InChI=1S/C15H26N2O2S2/c1-4-8-16-10-14-15(12(3)11-20-14)21(18,19)17(9-5-2)13-6-7-13/h11,13,16H,4-10H2,1-3H3. The number of nitrogens with one attached hydrogen (secondary N) is 1. The first kappa shape index (κ1) is 16.9. The first-order valence-corrected chi connectivity index (χ1v) is 10.1. The lowest BCUT2D eigenvalue weighted by Crippen LogP contribution is -2.34. The van der Waals surface area contributed by atoms with E-state index in [4.69, 9.17) is 0 Å². The summed E-state index contributed by atoms with van der Waals surface area (Å²) < 4.78 is 27.8. The average molecular weight is 331 g/mol. The van der Waals surface area contributed by atoms with E-state index in [1.165, 1.54) is 0 Å². The largest absolute Gasteiger partial charge is 0.312 e. The minimum atomic E-state index is -3.35. The second-order valence-electron chi connectivity index (χ2n) is 5.69. The number of rotatable bonds is 9. The summed E-state index contributed by atoms with van der Waals surface area (Å²) in [5.41, 5.74) is 0.884. The van der Waals surface area contributed by atoms with Crippen LogP contribution in [-0.4, -0.2) is 31.9 Å². The molecule has 0 atom stereocenters. The monoisotopic (exact) mass is 330 g/mol. The molecule has 6 heteroatoms. The normalized spacial score (nSPS) is 15.8. The second-order valence-corrected chi connectivity index (χ2v) is 8.49. The topological polar surface area (TPSA) is 49.4 Å². The second kappa shape index (κ2) is 7.22. The number of sulfonamides is 1. The highest BCUT2D eigenvalue weighted by atomic mass is 32.2. The quantitative estimate of drug-likeness (QED) is 0.708. The molecule has 0 amide bonds. The van der Waals surface area contributed by atoms with Crippen molar-refractivity contribution in [3.63, 3.8) is 0 Å². The lowest BCUT2D eigenvalue weighted by atomic mass is 10.3. The van der Waals surface area contributed by atoms with Crippen molar-refractivity contribution < 1.29 is 8.42 Å². The van der Waals surface area contributed by atoms with Crippen LogP contribution in [0.3, 0.4) is 0 Å². The lowest BCUT2D eigenvalue weighted by Gasteiger charge is -2.22. The van der Waals surface area contributed by atoms with Gasteiger partial charge in [0.2, 0.25) is 10.0 Å². The predicted molar refractivity (Wildman–Crippen MR) is 88.3 cm³/mol. The van der Waals surface area contributed by atoms with Crippen LogP contribution >= 0.6 is 11.3 Å². The smallest absolute Gasteiger partial charge is 0.244 e. The van der Waals surface area contributed by atoms with Gasteiger partial charge >= 0.3 is 0 Å². The Labute approximate surface area is 132 Å². The van der Waals surface area contributed by atoms with Gasteiger partial charge in [0, 0.05) is 24.0 Å². The summed E-state index contributed by atoms with van der Waals surface area (Å²) in [6.45, 7) is 8.24. The zero-order valence-corrected chi connectivity index (χ0v) is 14.8. The molecule has 2 rings (SSSR count). The van der Waals surface area contributed by atoms with Gasteiger partial charge in [-0.15, -0.1) is 11.3 Å². The van der Waals surface area contributed by atoms with Crippen molar-refractivity contribution >= 4 is 21.4 Å². The van der Waals surface area contributed by atoms with Crippen molar-refractivity contribution in [2.75, 3.05) is 13.1 Å². The third-order valence-electron chi connectivity index (χ3n) is 3.67. The third-order valence-corrected chi connectivity index (χ3v) is 7.08. The Kier molecular flexibility index (Phi) is 5.82. The van der Waals surface area contributed by atoms with E-state index in [2.05, 4.69) is 12.2 Å². The fourth-order valence-corrected chi connectivity index (χ4v) is 6.05. The van der Waals surface area contributed by atoms with Gasteiger partial charge in [-0.3, -0.25) is 0 Å². The van der Waals surface area contributed by atoms with Gasteiger partial charge < -0.3 is 5.32 Å². The molecule has 0 saturated heterocycles. The van der Waals surface area contributed by atoms with Crippen LogP contribution in [0.25, 0.3) is 0 Å². The van der Waals surface area contributed by atoms with Gasteiger partial charge in [0.05, 0.1) is 0 Å². The molecule has 1 heterocycles. The van der Waals surface area contributed by atoms with Gasteiger partial charge in [0.15, 0.2) is 0 Å². The number of hydrogen-bond donors (Lipinski definition) is 1. The summed E-state index contributed by atoms with van der Waals surface area (Å²) in [5, 5.41) is 5.29. The van der Waals surface area contributed by atoms with Gasteiger partial charge in [-0.05, 0) is 50.1 Å². The molecule has 1 aliphatic rings. The van der Waals surface area contributed by atoms with Crippen LogP contribution in [0, 0.1) is 6.92 Å². The van der Waals surface area contributed by atoms with Crippen LogP contribution in [0.2, 0.25) is 0 Å². The van der Waals surface area contributed by atoms with Crippen LogP contribution in [0.1, 0.15) is 50.0 Å². The highest BCUT2D eigenvalue weighted by Gasteiger charge is 2.39.